The molecule has 3 heterocycles. The van der Waals surface area contributed by atoms with E-state index >= 15 is 0 Å². The highest BCUT2D eigenvalue weighted by molar-refractivity contribution is 5.87. The highest BCUT2D eigenvalue weighted by Gasteiger charge is 2.42. The van der Waals surface area contributed by atoms with Gasteiger partial charge in [-0.25, -0.2) is 0 Å². The summed E-state index contributed by atoms with van der Waals surface area (Å²) in [5.41, 5.74) is 1.05. The van der Waals surface area contributed by atoms with Gasteiger partial charge in [0, 0.05) is 12.6 Å². The minimum absolute atomic E-state index is 0.248. The molecule has 3 saturated heterocycles. The molecule has 28 heavy (non-hydrogen) atoms. The van der Waals surface area contributed by atoms with Crippen molar-refractivity contribution >= 4 is 10.8 Å². The summed E-state index contributed by atoms with van der Waals surface area (Å²) in [6.07, 6.45) is 4.30. The Hall–Kier alpha value is -1.58. The van der Waals surface area contributed by atoms with Crippen LogP contribution in [0, 0.1) is 17.8 Å². The van der Waals surface area contributed by atoms with E-state index < -0.39 is 6.10 Å². The molecular formula is C25H35NO2. The first-order chi connectivity index (χ1) is 13.6. The number of piperidine rings is 3. The number of benzene rings is 2. The number of hydrogen-bond donors (Lipinski definition) is 1. The summed E-state index contributed by atoms with van der Waals surface area (Å²) in [6.45, 7) is 9.77. The van der Waals surface area contributed by atoms with Gasteiger partial charge in [-0.3, -0.25) is 4.90 Å². The van der Waals surface area contributed by atoms with Crippen molar-refractivity contribution in [3.8, 4) is 5.75 Å². The van der Waals surface area contributed by atoms with Crippen molar-refractivity contribution in [2.45, 2.75) is 58.6 Å². The van der Waals surface area contributed by atoms with Crippen molar-refractivity contribution < 1.29 is 9.84 Å². The highest BCUT2D eigenvalue weighted by Crippen LogP contribution is 2.43. The molecule has 5 atom stereocenters. The van der Waals surface area contributed by atoms with Crippen LogP contribution in [0.3, 0.4) is 0 Å². The monoisotopic (exact) mass is 381 g/mol. The number of hydrogen-bond acceptors (Lipinski definition) is 3. The fourth-order valence-corrected chi connectivity index (χ4v) is 5.21. The van der Waals surface area contributed by atoms with Crippen LogP contribution in [-0.4, -0.2) is 35.7 Å². The van der Waals surface area contributed by atoms with Crippen molar-refractivity contribution in [1.29, 1.82) is 0 Å². The molecule has 0 saturated carbocycles. The Balaban J connectivity index is 1.57. The molecule has 0 spiro atoms. The van der Waals surface area contributed by atoms with Crippen LogP contribution >= 0.6 is 0 Å². The predicted octanol–water partition coefficient (Wildman–Crippen LogP) is 5.42. The third-order valence-electron chi connectivity index (χ3n) is 6.99. The fraction of sp³-hybridized carbons (Fsp3) is 0.600. The lowest BCUT2D eigenvalue weighted by Crippen LogP contribution is -2.55. The van der Waals surface area contributed by atoms with Gasteiger partial charge in [-0.2, -0.15) is 0 Å². The summed E-state index contributed by atoms with van der Waals surface area (Å²) >= 11 is 0. The SMILES string of the molecule is CCC1CN2CCC1CC2C(O)c1cccc2ccc(OCCC(C)C)cc12. The maximum Gasteiger partial charge on any atom is 0.119 e. The van der Waals surface area contributed by atoms with E-state index in [1.54, 1.807) is 0 Å². The minimum atomic E-state index is -0.435. The van der Waals surface area contributed by atoms with Gasteiger partial charge in [0.15, 0.2) is 0 Å². The molecule has 3 nitrogen and oxygen atoms in total. The third-order valence-corrected chi connectivity index (χ3v) is 6.99. The van der Waals surface area contributed by atoms with Gasteiger partial charge in [-0.15, -0.1) is 0 Å². The number of fused-ring (bicyclic) bond motifs is 4. The average molecular weight is 382 g/mol. The van der Waals surface area contributed by atoms with Crippen molar-refractivity contribution in [3.63, 3.8) is 0 Å². The normalized spacial score (nSPS) is 28.0. The molecule has 3 aliphatic heterocycles. The molecule has 0 aliphatic carbocycles. The van der Waals surface area contributed by atoms with Crippen LogP contribution < -0.4 is 4.74 Å². The first-order valence-corrected chi connectivity index (χ1v) is 11.1. The Bertz CT molecular complexity index is 802. The Morgan fingerprint density at radius 2 is 2.07 bits per heavy atom. The zero-order chi connectivity index (χ0) is 19.7. The van der Waals surface area contributed by atoms with E-state index in [1.807, 2.05) is 0 Å². The molecule has 0 radical (unpaired) electrons. The maximum atomic E-state index is 11.4. The number of aliphatic hydroxyl groups is 1. The Morgan fingerprint density at radius 3 is 2.79 bits per heavy atom. The fourth-order valence-electron chi connectivity index (χ4n) is 5.21. The number of nitrogens with zero attached hydrogens (tertiary/aromatic N) is 1. The lowest BCUT2D eigenvalue weighted by Gasteiger charge is -2.51. The lowest BCUT2D eigenvalue weighted by atomic mass is 9.72. The molecule has 3 aliphatic rings. The van der Waals surface area contributed by atoms with Crippen LogP contribution in [0.2, 0.25) is 0 Å². The molecule has 152 valence electrons. The summed E-state index contributed by atoms with van der Waals surface area (Å²) in [7, 11) is 0. The van der Waals surface area contributed by atoms with Crippen molar-refractivity contribution in [3.05, 3.63) is 42.0 Å². The molecule has 0 amide bonds. The van der Waals surface area contributed by atoms with E-state index in [9.17, 15) is 5.11 Å². The van der Waals surface area contributed by atoms with Crippen LogP contribution in [0.5, 0.6) is 5.75 Å². The molecular weight excluding hydrogens is 346 g/mol. The van der Waals surface area contributed by atoms with Gasteiger partial charge in [0.1, 0.15) is 5.75 Å². The van der Waals surface area contributed by atoms with Crippen molar-refractivity contribution in [1.82, 2.24) is 4.90 Å². The van der Waals surface area contributed by atoms with E-state index in [2.05, 4.69) is 62.1 Å². The van der Waals surface area contributed by atoms with Gasteiger partial charge in [0.2, 0.25) is 0 Å². The van der Waals surface area contributed by atoms with E-state index in [1.165, 1.54) is 18.2 Å². The first-order valence-electron chi connectivity index (χ1n) is 11.1. The van der Waals surface area contributed by atoms with Gasteiger partial charge in [0.05, 0.1) is 12.7 Å². The molecule has 3 fully saturated rings. The second-order valence-corrected chi connectivity index (χ2v) is 9.22. The predicted molar refractivity (Wildman–Crippen MR) is 116 cm³/mol. The van der Waals surface area contributed by atoms with E-state index in [4.69, 9.17) is 4.74 Å². The maximum absolute atomic E-state index is 11.4. The number of rotatable bonds is 7. The van der Waals surface area contributed by atoms with Crippen molar-refractivity contribution in [2.24, 2.45) is 17.8 Å². The molecule has 5 unspecified atom stereocenters. The minimum Gasteiger partial charge on any atom is -0.494 e. The number of aliphatic hydroxyl groups excluding tert-OH is 1. The summed E-state index contributed by atoms with van der Waals surface area (Å²) in [6, 6.07) is 12.9. The zero-order valence-corrected chi connectivity index (χ0v) is 17.6. The van der Waals surface area contributed by atoms with Crippen LogP contribution in [-0.2, 0) is 0 Å². The Labute approximate surface area is 169 Å². The molecule has 3 heteroatoms. The Morgan fingerprint density at radius 1 is 1.21 bits per heavy atom. The Kier molecular flexibility index (Phi) is 5.93. The van der Waals surface area contributed by atoms with Crippen LogP contribution in [0.1, 0.15) is 58.1 Å². The summed E-state index contributed by atoms with van der Waals surface area (Å²) in [5, 5.41) is 13.7. The number of ether oxygens (including phenoxy) is 1. The quantitative estimate of drug-likeness (QED) is 0.695. The largest absolute Gasteiger partial charge is 0.494 e. The average Bonchev–Trinajstić information content (AvgIpc) is 2.72. The molecule has 1 N–H and O–H groups in total. The van der Waals surface area contributed by atoms with E-state index in [0.717, 1.165) is 61.1 Å². The van der Waals surface area contributed by atoms with Gasteiger partial charge in [-0.05, 0) is 72.0 Å². The van der Waals surface area contributed by atoms with Gasteiger partial charge < -0.3 is 9.84 Å². The second kappa shape index (κ2) is 8.42. The van der Waals surface area contributed by atoms with Gasteiger partial charge in [-0.1, -0.05) is 51.5 Å². The molecule has 5 rings (SSSR count). The van der Waals surface area contributed by atoms with Crippen LogP contribution in [0.4, 0.5) is 0 Å². The lowest BCUT2D eigenvalue weighted by molar-refractivity contribution is -0.0562. The standard InChI is InChI=1S/C25H35NO2/c1-4-18-16-26-12-10-20(18)14-24(26)25(27)22-7-5-6-19-8-9-21(15-23(19)22)28-13-11-17(2)3/h5-9,15,17-18,20,24-25,27H,4,10-14,16H2,1-3H3. The van der Waals surface area contributed by atoms with Crippen LogP contribution in [0.15, 0.2) is 36.4 Å². The molecule has 2 aromatic carbocycles. The molecule has 2 aromatic rings. The van der Waals surface area contributed by atoms with Crippen molar-refractivity contribution in [2.75, 3.05) is 19.7 Å². The zero-order valence-electron chi connectivity index (χ0n) is 17.6. The smallest absolute Gasteiger partial charge is 0.119 e. The molecule has 0 aromatic heterocycles. The third kappa shape index (κ3) is 3.92. The first kappa shape index (κ1) is 19.7. The van der Waals surface area contributed by atoms with E-state index in [-0.39, 0.29) is 6.04 Å². The van der Waals surface area contributed by atoms with Gasteiger partial charge >= 0.3 is 0 Å². The van der Waals surface area contributed by atoms with E-state index in [0.29, 0.717) is 5.92 Å². The second-order valence-electron chi connectivity index (χ2n) is 9.22. The summed E-state index contributed by atoms with van der Waals surface area (Å²) in [5.74, 6) is 3.13. The van der Waals surface area contributed by atoms with Gasteiger partial charge in [0.25, 0.3) is 0 Å². The summed E-state index contributed by atoms with van der Waals surface area (Å²) < 4.78 is 5.99. The molecule has 2 bridgehead atoms. The highest BCUT2D eigenvalue weighted by atomic mass is 16.5. The summed E-state index contributed by atoms with van der Waals surface area (Å²) in [4.78, 5) is 2.54. The van der Waals surface area contributed by atoms with Crippen LogP contribution in [0.25, 0.3) is 10.8 Å². The topological polar surface area (TPSA) is 32.7 Å².